The van der Waals surface area contributed by atoms with Crippen molar-refractivity contribution in [3.05, 3.63) is 33.8 Å². The number of hydrogen-bond donors (Lipinski definition) is 1. The largest absolute Gasteiger partial charge is 0.389 e. The minimum atomic E-state index is -4.07. The Balaban J connectivity index is 2.73. The third-order valence-corrected chi connectivity index (χ3v) is 3.51. The van der Waals surface area contributed by atoms with Crippen molar-refractivity contribution in [2.45, 2.75) is 45.3 Å². The molecule has 1 aromatic carbocycles. The predicted octanol–water partition coefficient (Wildman–Crippen LogP) is 5.14. The quantitative estimate of drug-likeness (QED) is 0.757. The number of rotatable bonds is 6. The van der Waals surface area contributed by atoms with Gasteiger partial charge in [0.15, 0.2) is 0 Å². The molecule has 5 heteroatoms. The van der Waals surface area contributed by atoms with Crippen molar-refractivity contribution in [1.82, 2.24) is 5.32 Å². The summed E-state index contributed by atoms with van der Waals surface area (Å²) in [4.78, 5) is 0. The van der Waals surface area contributed by atoms with Crippen LogP contribution >= 0.6 is 15.9 Å². The van der Waals surface area contributed by atoms with Gasteiger partial charge in [0.05, 0.1) is 0 Å². The van der Waals surface area contributed by atoms with Crippen LogP contribution in [0.3, 0.4) is 0 Å². The molecule has 0 saturated heterocycles. The first-order valence-electron chi connectivity index (χ1n) is 6.39. The lowest BCUT2D eigenvalue weighted by atomic mass is 9.97. The summed E-state index contributed by atoms with van der Waals surface area (Å²) in [5.74, 6) is 0. The lowest BCUT2D eigenvalue weighted by Gasteiger charge is -2.21. The maximum absolute atomic E-state index is 12.2. The maximum atomic E-state index is 12.2. The van der Waals surface area contributed by atoms with Crippen LogP contribution in [-0.4, -0.2) is 12.7 Å². The molecule has 1 rings (SSSR count). The number of hydrogen-bond acceptors (Lipinski definition) is 1. The highest BCUT2D eigenvalue weighted by Crippen LogP contribution is 2.29. The Hall–Kier alpha value is -0.550. The van der Waals surface area contributed by atoms with Gasteiger partial charge < -0.3 is 5.32 Å². The molecule has 0 radical (unpaired) electrons. The van der Waals surface area contributed by atoms with Crippen LogP contribution in [0.5, 0.6) is 0 Å². The molecular formula is C14H19BrF3N. The molecule has 0 heterocycles. The highest BCUT2D eigenvalue weighted by molar-refractivity contribution is 9.10. The van der Waals surface area contributed by atoms with E-state index in [0.29, 0.717) is 6.42 Å². The first kappa shape index (κ1) is 16.5. The summed E-state index contributed by atoms with van der Waals surface area (Å²) in [6.07, 6.45) is -4.15. The first-order valence-corrected chi connectivity index (χ1v) is 7.19. The average molecular weight is 338 g/mol. The van der Waals surface area contributed by atoms with Gasteiger partial charge in [0, 0.05) is 16.9 Å². The van der Waals surface area contributed by atoms with Crippen LogP contribution in [0.2, 0.25) is 0 Å². The third-order valence-electron chi connectivity index (χ3n) is 3.02. The molecule has 0 amide bonds. The number of aryl methyl sites for hydroxylation is 1. The molecule has 0 aliphatic heterocycles. The lowest BCUT2D eigenvalue weighted by Crippen LogP contribution is -2.22. The van der Waals surface area contributed by atoms with Gasteiger partial charge in [0.25, 0.3) is 0 Å². The van der Waals surface area contributed by atoms with Gasteiger partial charge in [-0.2, -0.15) is 13.2 Å². The molecule has 0 bridgehead atoms. The molecular weight excluding hydrogens is 319 g/mol. The molecule has 108 valence electrons. The minimum Gasteiger partial charge on any atom is -0.310 e. The molecule has 0 spiro atoms. The van der Waals surface area contributed by atoms with Crippen molar-refractivity contribution in [3.63, 3.8) is 0 Å². The van der Waals surface area contributed by atoms with Crippen LogP contribution < -0.4 is 5.32 Å². The van der Waals surface area contributed by atoms with Crippen molar-refractivity contribution < 1.29 is 13.2 Å². The molecule has 0 saturated carbocycles. The van der Waals surface area contributed by atoms with E-state index in [1.165, 1.54) is 0 Å². The van der Waals surface area contributed by atoms with Gasteiger partial charge in [-0.25, -0.2) is 0 Å². The third kappa shape index (κ3) is 5.95. The Kier molecular flexibility index (Phi) is 6.33. The summed E-state index contributed by atoms with van der Waals surface area (Å²) in [6.45, 7) is 4.68. The van der Waals surface area contributed by atoms with Gasteiger partial charge in [-0.15, -0.1) is 0 Å². The Labute approximate surface area is 120 Å². The van der Waals surface area contributed by atoms with E-state index in [9.17, 15) is 13.2 Å². The Morgan fingerprint density at radius 3 is 2.58 bits per heavy atom. The second-order valence-corrected chi connectivity index (χ2v) is 5.53. The standard InChI is InChI=1S/C14H19BrF3N/c1-3-19-13(5-4-8-14(16,17)18)12-9-11(15)7-6-10(12)2/h6-7,9,13,19H,3-5,8H2,1-2H3. The summed E-state index contributed by atoms with van der Waals surface area (Å²) >= 11 is 3.41. The Morgan fingerprint density at radius 2 is 2.00 bits per heavy atom. The monoisotopic (exact) mass is 337 g/mol. The lowest BCUT2D eigenvalue weighted by molar-refractivity contribution is -0.135. The zero-order valence-electron chi connectivity index (χ0n) is 11.1. The predicted molar refractivity (Wildman–Crippen MR) is 75.2 cm³/mol. The van der Waals surface area contributed by atoms with E-state index in [2.05, 4.69) is 21.2 Å². The molecule has 0 aromatic heterocycles. The zero-order valence-corrected chi connectivity index (χ0v) is 12.7. The summed E-state index contributed by atoms with van der Waals surface area (Å²) in [5, 5.41) is 3.27. The number of benzene rings is 1. The highest BCUT2D eigenvalue weighted by atomic mass is 79.9. The first-order chi connectivity index (χ1) is 8.83. The zero-order chi connectivity index (χ0) is 14.5. The van der Waals surface area contributed by atoms with E-state index in [0.717, 1.165) is 22.1 Å². The topological polar surface area (TPSA) is 12.0 Å². The van der Waals surface area contributed by atoms with Crippen LogP contribution in [0.1, 0.15) is 43.4 Å². The summed E-state index contributed by atoms with van der Waals surface area (Å²) in [7, 11) is 0. The summed E-state index contributed by atoms with van der Waals surface area (Å²) < 4.78 is 37.6. The SMILES string of the molecule is CCNC(CCCC(F)(F)F)c1cc(Br)ccc1C. The second-order valence-electron chi connectivity index (χ2n) is 4.62. The van der Waals surface area contributed by atoms with Crippen molar-refractivity contribution in [2.75, 3.05) is 6.54 Å². The minimum absolute atomic E-state index is 0.0233. The van der Waals surface area contributed by atoms with E-state index in [1.54, 1.807) is 0 Å². The summed E-state index contributed by atoms with van der Waals surface area (Å²) in [5.41, 5.74) is 2.17. The van der Waals surface area contributed by atoms with Crippen molar-refractivity contribution in [3.8, 4) is 0 Å². The normalized spacial score (nSPS) is 13.6. The highest BCUT2D eigenvalue weighted by Gasteiger charge is 2.27. The van der Waals surface area contributed by atoms with Crippen molar-refractivity contribution in [1.29, 1.82) is 0 Å². The van der Waals surface area contributed by atoms with Crippen LogP contribution in [0, 0.1) is 6.92 Å². The smallest absolute Gasteiger partial charge is 0.310 e. The van der Waals surface area contributed by atoms with Gasteiger partial charge >= 0.3 is 6.18 Å². The number of alkyl halides is 3. The second kappa shape index (κ2) is 7.29. The Morgan fingerprint density at radius 1 is 1.32 bits per heavy atom. The van der Waals surface area contributed by atoms with Gasteiger partial charge in [0.1, 0.15) is 0 Å². The molecule has 0 aliphatic carbocycles. The van der Waals surface area contributed by atoms with Gasteiger partial charge in [-0.3, -0.25) is 0 Å². The van der Waals surface area contributed by atoms with Crippen LogP contribution in [0.25, 0.3) is 0 Å². The van der Waals surface area contributed by atoms with Crippen LogP contribution in [0.4, 0.5) is 13.2 Å². The fourth-order valence-corrected chi connectivity index (χ4v) is 2.49. The molecule has 0 aliphatic rings. The van der Waals surface area contributed by atoms with Gasteiger partial charge in [0.2, 0.25) is 0 Å². The summed E-state index contributed by atoms with van der Waals surface area (Å²) in [6, 6.07) is 5.88. The molecule has 0 fully saturated rings. The van der Waals surface area contributed by atoms with Crippen LogP contribution in [-0.2, 0) is 0 Å². The number of halogens is 4. The molecule has 1 N–H and O–H groups in total. The van der Waals surface area contributed by atoms with E-state index in [1.807, 2.05) is 32.0 Å². The fourth-order valence-electron chi connectivity index (χ4n) is 2.11. The van der Waals surface area contributed by atoms with E-state index < -0.39 is 12.6 Å². The molecule has 1 nitrogen and oxygen atoms in total. The number of nitrogens with one attached hydrogen (secondary N) is 1. The molecule has 1 unspecified atom stereocenters. The molecule has 19 heavy (non-hydrogen) atoms. The van der Waals surface area contributed by atoms with Crippen LogP contribution in [0.15, 0.2) is 22.7 Å². The van der Waals surface area contributed by atoms with E-state index >= 15 is 0 Å². The van der Waals surface area contributed by atoms with Gasteiger partial charge in [-0.05, 0) is 49.6 Å². The van der Waals surface area contributed by atoms with Gasteiger partial charge in [-0.1, -0.05) is 28.9 Å². The Bertz CT molecular complexity index is 404. The molecule has 1 aromatic rings. The van der Waals surface area contributed by atoms with Crippen molar-refractivity contribution >= 4 is 15.9 Å². The maximum Gasteiger partial charge on any atom is 0.389 e. The average Bonchev–Trinajstić information content (AvgIpc) is 2.30. The fraction of sp³-hybridized carbons (Fsp3) is 0.571. The molecule has 1 atom stereocenters. The van der Waals surface area contributed by atoms with E-state index in [-0.39, 0.29) is 12.5 Å². The van der Waals surface area contributed by atoms with E-state index in [4.69, 9.17) is 0 Å². The van der Waals surface area contributed by atoms with Crippen molar-refractivity contribution in [2.24, 2.45) is 0 Å².